The minimum atomic E-state index is -0.742. The fraction of sp³-hybridized carbons (Fsp3) is 0.385. The molecule has 0 saturated heterocycles. The first-order valence-corrected chi connectivity index (χ1v) is 5.80. The topological polar surface area (TPSA) is 93.5 Å². The minimum Gasteiger partial charge on any atom is -0.495 e. The summed E-state index contributed by atoms with van der Waals surface area (Å²) in [7, 11) is 3.18. The monoisotopic (exact) mass is 265 g/mol. The summed E-state index contributed by atoms with van der Waals surface area (Å²) in [6.07, 6.45) is 0. The number of rotatable bonds is 5. The molecule has 0 fully saturated rings. The van der Waals surface area contributed by atoms with Crippen LogP contribution in [-0.2, 0) is 4.79 Å². The lowest BCUT2D eigenvalue weighted by Crippen LogP contribution is -2.47. The third-order valence-electron chi connectivity index (χ3n) is 2.92. The van der Waals surface area contributed by atoms with Gasteiger partial charge in [0, 0.05) is 5.56 Å². The molecule has 0 aliphatic rings. The van der Waals surface area contributed by atoms with Gasteiger partial charge in [-0.3, -0.25) is 9.59 Å². The Bertz CT molecular complexity index is 498. The molecule has 0 spiro atoms. The summed E-state index contributed by atoms with van der Waals surface area (Å²) in [5.41, 5.74) is 5.18. The summed E-state index contributed by atoms with van der Waals surface area (Å²) in [6, 6.07) is 4.62. The van der Waals surface area contributed by atoms with Gasteiger partial charge in [-0.25, -0.2) is 0 Å². The van der Waals surface area contributed by atoms with Gasteiger partial charge in [0.05, 0.1) is 18.3 Å². The molecule has 0 aliphatic carbocycles. The number of benzene rings is 1. The maximum Gasteiger partial charge on any atom is 0.248 e. The molecule has 6 heteroatoms. The molecule has 0 heterocycles. The SMILES string of the molecule is CNC(C)(C)C(=O)Nc1cc(C(N)=O)ccc1OC. The highest BCUT2D eigenvalue weighted by atomic mass is 16.5. The summed E-state index contributed by atoms with van der Waals surface area (Å²) in [6.45, 7) is 3.49. The second-order valence-corrected chi connectivity index (χ2v) is 4.61. The number of amides is 2. The van der Waals surface area contributed by atoms with Gasteiger partial charge in [0.25, 0.3) is 0 Å². The second kappa shape index (κ2) is 5.71. The zero-order valence-electron chi connectivity index (χ0n) is 11.5. The van der Waals surface area contributed by atoms with Gasteiger partial charge < -0.3 is 21.1 Å². The van der Waals surface area contributed by atoms with Crippen LogP contribution < -0.4 is 21.1 Å². The number of hydrogen-bond donors (Lipinski definition) is 3. The molecule has 0 bridgehead atoms. The van der Waals surface area contributed by atoms with Crippen molar-refractivity contribution in [3.8, 4) is 5.75 Å². The molecular formula is C13H19N3O3. The van der Waals surface area contributed by atoms with E-state index in [9.17, 15) is 9.59 Å². The Balaban J connectivity index is 3.08. The van der Waals surface area contributed by atoms with Crippen LogP contribution in [0.5, 0.6) is 5.75 Å². The lowest BCUT2D eigenvalue weighted by atomic mass is 10.0. The summed E-state index contributed by atoms with van der Waals surface area (Å²) < 4.78 is 5.14. The number of carbonyl (C=O) groups is 2. The lowest BCUT2D eigenvalue weighted by molar-refractivity contribution is -0.121. The Morgan fingerprint density at radius 2 is 1.95 bits per heavy atom. The van der Waals surface area contributed by atoms with E-state index in [1.54, 1.807) is 33.0 Å². The summed E-state index contributed by atoms with van der Waals surface area (Å²) >= 11 is 0. The quantitative estimate of drug-likeness (QED) is 0.731. The molecule has 0 aromatic heterocycles. The van der Waals surface area contributed by atoms with E-state index in [0.717, 1.165) is 0 Å². The van der Waals surface area contributed by atoms with Gasteiger partial charge in [-0.15, -0.1) is 0 Å². The first kappa shape index (κ1) is 15.0. The molecular weight excluding hydrogens is 246 g/mol. The minimum absolute atomic E-state index is 0.241. The van der Waals surface area contributed by atoms with Gasteiger partial charge >= 0.3 is 0 Å². The van der Waals surface area contributed by atoms with E-state index >= 15 is 0 Å². The molecule has 0 aliphatic heterocycles. The molecule has 6 nitrogen and oxygen atoms in total. The molecule has 1 aromatic rings. The zero-order chi connectivity index (χ0) is 14.6. The predicted molar refractivity (Wildman–Crippen MR) is 73.3 cm³/mol. The Morgan fingerprint density at radius 3 is 2.42 bits per heavy atom. The molecule has 0 saturated carbocycles. The fourth-order valence-electron chi connectivity index (χ4n) is 1.35. The Kier molecular flexibility index (Phi) is 4.50. The Hall–Kier alpha value is -2.08. The molecule has 1 aromatic carbocycles. The highest BCUT2D eigenvalue weighted by molar-refractivity contribution is 6.00. The van der Waals surface area contributed by atoms with Crippen LogP contribution in [0.4, 0.5) is 5.69 Å². The number of nitrogens with one attached hydrogen (secondary N) is 2. The van der Waals surface area contributed by atoms with Crippen molar-refractivity contribution in [1.82, 2.24) is 5.32 Å². The van der Waals surface area contributed by atoms with Gasteiger partial charge in [-0.05, 0) is 39.1 Å². The largest absolute Gasteiger partial charge is 0.495 e. The molecule has 0 atom stereocenters. The number of carbonyl (C=O) groups excluding carboxylic acids is 2. The number of methoxy groups -OCH3 is 1. The van der Waals surface area contributed by atoms with E-state index in [-0.39, 0.29) is 5.91 Å². The third-order valence-corrected chi connectivity index (χ3v) is 2.92. The smallest absolute Gasteiger partial charge is 0.248 e. The van der Waals surface area contributed by atoms with E-state index in [1.165, 1.54) is 13.2 Å². The van der Waals surface area contributed by atoms with Crippen molar-refractivity contribution in [3.05, 3.63) is 23.8 Å². The first-order chi connectivity index (χ1) is 8.81. The average Bonchev–Trinajstić information content (AvgIpc) is 2.38. The number of likely N-dealkylation sites (N-methyl/N-ethyl adjacent to an activating group) is 1. The fourth-order valence-corrected chi connectivity index (χ4v) is 1.35. The molecule has 19 heavy (non-hydrogen) atoms. The molecule has 0 unspecified atom stereocenters. The maximum atomic E-state index is 12.1. The van der Waals surface area contributed by atoms with E-state index in [0.29, 0.717) is 17.0 Å². The lowest BCUT2D eigenvalue weighted by Gasteiger charge is -2.23. The van der Waals surface area contributed by atoms with Crippen LogP contribution >= 0.6 is 0 Å². The summed E-state index contributed by atoms with van der Waals surface area (Å²) in [5.74, 6) is -0.341. The Morgan fingerprint density at radius 1 is 1.32 bits per heavy atom. The molecule has 4 N–H and O–H groups in total. The van der Waals surface area contributed by atoms with Crippen molar-refractivity contribution in [2.45, 2.75) is 19.4 Å². The number of hydrogen-bond acceptors (Lipinski definition) is 4. The van der Waals surface area contributed by atoms with Gasteiger partial charge in [0.2, 0.25) is 11.8 Å². The van der Waals surface area contributed by atoms with Gasteiger partial charge in [-0.2, -0.15) is 0 Å². The molecule has 1 rings (SSSR count). The van der Waals surface area contributed by atoms with Crippen LogP contribution in [0.3, 0.4) is 0 Å². The van der Waals surface area contributed by atoms with Crippen LogP contribution in [-0.4, -0.2) is 31.5 Å². The summed E-state index contributed by atoms with van der Waals surface area (Å²) in [4.78, 5) is 23.2. The van der Waals surface area contributed by atoms with Gasteiger partial charge in [0.1, 0.15) is 5.75 Å². The second-order valence-electron chi connectivity index (χ2n) is 4.61. The normalized spacial score (nSPS) is 10.9. The van der Waals surface area contributed by atoms with E-state index in [4.69, 9.17) is 10.5 Å². The highest BCUT2D eigenvalue weighted by Gasteiger charge is 2.26. The zero-order valence-corrected chi connectivity index (χ0v) is 11.5. The van der Waals surface area contributed by atoms with Crippen LogP contribution in [0.15, 0.2) is 18.2 Å². The van der Waals surface area contributed by atoms with E-state index in [2.05, 4.69) is 10.6 Å². The average molecular weight is 265 g/mol. The van der Waals surface area contributed by atoms with Crippen LogP contribution in [0.1, 0.15) is 24.2 Å². The van der Waals surface area contributed by atoms with E-state index < -0.39 is 11.4 Å². The Labute approximate surface area is 112 Å². The van der Waals surface area contributed by atoms with E-state index in [1.807, 2.05) is 0 Å². The standard InChI is InChI=1S/C13H19N3O3/c1-13(2,15-3)12(18)16-9-7-8(11(14)17)5-6-10(9)19-4/h5-7,15H,1-4H3,(H2,14,17)(H,16,18). The highest BCUT2D eigenvalue weighted by Crippen LogP contribution is 2.26. The van der Waals surface area contributed by atoms with Gasteiger partial charge in [-0.1, -0.05) is 0 Å². The van der Waals surface area contributed by atoms with Gasteiger partial charge in [0.15, 0.2) is 0 Å². The van der Waals surface area contributed by atoms with Crippen LogP contribution in [0, 0.1) is 0 Å². The van der Waals surface area contributed by atoms with Crippen molar-refractivity contribution < 1.29 is 14.3 Å². The third kappa shape index (κ3) is 3.45. The predicted octanol–water partition coefficient (Wildman–Crippen LogP) is 0.731. The number of nitrogens with two attached hydrogens (primary N) is 1. The molecule has 104 valence electrons. The molecule has 2 amide bonds. The molecule has 0 radical (unpaired) electrons. The summed E-state index contributed by atoms with van der Waals surface area (Å²) in [5, 5.41) is 5.61. The number of anilines is 1. The van der Waals surface area contributed by atoms with Crippen molar-refractivity contribution in [2.75, 3.05) is 19.5 Å². The van der Waals surface area contributed by atoms with Crippen LogP contribution in [0.2, 0.25) is 0 Å². The number of ether oxygens (including phenoxy) is 1. The van der Waals surface area contributed by atoms with Crippen molar-refractivity contribution in [2.24, 2.45) is 5.73 Å². The van der Waals surface area contributed by atoms with Crippen LogP contribution in [0.25, 0.3) is 0 Å². The number of primary amides is 1. The maximum absolute atomic E-state index is 12.1. The van der Waals surface area contributed by atoms with Crippen molar-refractivity contribution in [1.29, 1.82) is 0 Å². The van der Waals surface area contributed by atoms with Crippen molar-refractivity contribution >= 4 is 17.5 Å². The van der Waals surface area contributed by atoms with Crippen molar-refractivity contribution in [3.63, 3.8) is 0 Å². The first-order valence-electron chi connectivity index (χ1n) is 5.80.